The molecule has 1 saturated heterocycles. The monoisotopic (exact) mass is 608 g/mol. The highest BCUT2D eigenvalue weighted by Gasteiger charge is 2.21. The molecule has 0 bridgehead atoms. The van der Waals surface area contributed by atoms with Crippen LogP contribution in [-0.4, -0.2) is 72.4 Å². The number of carbonyl (C=O) groups excluding carboxylic acids is 2. The van der Waals surface area contributed by atoms with Gasteiger partial charge < -0.3 is 34.4 Å². The van der Waals surface area contributed by atoms with Crippen LogP contribution >= 0.6 is 0 Å². The third-order valence-electron chi connectivity index (χ3n) is 7.66. The van der Waals surface area contributed by atoms with Crippen LogP contribution in [-0.2, 0) is 16.1 Å². The van der Waals surface area contributed by atoms with Gasteiger partial charge in [-0.25, -0.2) is 0 Å². The number of aliphatic carboxylic acids is 1. The Labute approximate surface area is 260 Å². The normalized spacial score (nSPS) is 13.7. The molecule has 0 radical (unpaired) electrons. The van der Waals surface area contributed by atoms with Gasteiger partial charge in [-0.05, 0) is 65.2 Å². The lowest BCUT2D eigenvalue weighted by Crippen LogP contribution is -2.36. The number of hydrogen-bond acceptors (Lipinski definition) is 8. The van der Waals surface area contributed by atoms with Crippen LogP contribution < -0.4 is 19.7 Å². The van der Waals surface area contributed by atoms with Gasteiger partial charge in [0.2, 0.25) is 6.79 Å². The third kappa shape index (κ3) is 7.05. The summed E-state index contributed by atoms with van der Waals surface area (Å²) < 4.78 is 16.4. The number of anilines is 2. The van der Waals surface area contributed by atoms with Gasteiger partial charge >= 0.3 is 5.97 Å². The number of carboxylic acids is 1. The van der Waals surface area contributed by atoms with E-state index in [0.717, 1.165) is 22.4 Å². The molecule has 11 heteroatoms. The zero-order valence-electron chi connectivity index (χ0n) is 24.5. The van der Waals surface area contributed by atoms with E-state index >= 15 is 0 Å². The van der Waals surface area contributed by atoms with Crippen molar-refractivity contribution in [3.8, 4) is 22.6 Å². The van der Waals surface area contributed by atoms with Gasteiger partial charge in [0, 0.05) is 44.1 Å². The number of benzene rings is 3. The number of aromatic nitrogens is 1. The number of hydrogen-bond donors (Lipinski definition) is 2. The van der Waals surface area contributed by atoms with Crippen molar-refractivity contribution in [1.29, 1.82) is 0 Å². The van der Waals surface area contributed by atoms with Crippen LogP contribution in [0.25, 0.3) is 11.1 Å². The summed E-state index contributed by atoms with van der Waals surface area (Å²) in [5.41, 5.74) is 4.95. The minimum atomic E-state index is -0.983. The van der Waals surface area contributed by atoms with Crippen molar-refractivity contribution in [3.63, 3.8) is 0 Å². The maximum atomic E-state index is 13.4. The standard InChI is InChI=1S/C34H32N4O7/c39-32(40)10-12-38(34(42)27-5-2-11-35-20-27)21-23-3-1-4-24(17-23)25-6-8-29(37-13-15-43-16-14-37)28(18-25)36-33(41)26-7-9-30-31(19-26)45-22-44-30/h1-9,11,17-20H,10,12-16,21-22H2,(H,36,41)(H,39,40). The van der Waals surface area contributed by atoms with E-state index in [1.54, 1.807) is 36.5 Å². The van der Waals surface area contributed by atoms with Crippen molar-refractivity contribution < 1.29 is 33.7 Å². The Balaban J connectivity index is 1.28. The van der Waals surface area contributed by atoms with E-state index in [1.807, 2.05) is 42.5 Å². The molecule has 2 aliphatic rings. The summed E-state index contributed by atoms with van der Waals surface area (Å²) in [5, 5.41) is 12.4. The second kappa shape index (κ2) is 13.5. The molecular weight excluding hydrogens is 576 g/mol. The number of ether oxygens (including phenoxy) is 3. The van der Waals surface area contributed by atoms with Gasteiger partial charge in [0.15, 0.2) is 11.5 Å². The van der Waals surface area contributed by atoms with Gasteiger partial charge in [-0.15, -0.1) is 0 Å². The Hall–Kier alpha value is -5.42. The molecule has 0 saturated carbocycles. The van der Waals surface area contributed by atoms with Crippen molar-refractivity contribution in [2.24, 2.45) is 0 Å². The first-order chi connectivity index (χ1) is 21.9. The number of carboxylic acid groups (broad SMARTS) is 1. The molecule has 230 valence electrons. The van der Waals surface area contributed by atoms with Crippen molar-refractivity contribution in [1.82, 2.24) is 9.88 Å². The van der Waals surface area contributed by atoms with Gasteiger partial charge in [0.25, 0.3) is 11.8 Å². The first-order valence-corrected chi connectivity index (χ1v) is 14.6. The molecule has 3 aromatic carbocycles. The molecule has 4 aromatic rings. The molecule has 0 aliphatic carbocycles. The van der Waals surface area contributed by atoms with E-state index < -0.39 is 5.97 Å². The Morgan fingerprint density at radius 1 is 0.889 bits per heavy atom. The zero-order valence-corrected chi connectivity index (χ0v) is 24.5. The maximum absolute atomic E-state index is 13.4. The molecule has 3 heterocycles. The van der Waals surface area contributed by atoms with Gasteiger partial charge in [0.05, 0.1) is 36.6 Å². The zero-order chi connectivity index (χ0) is 31.2. The molecule has 11 nitrogen and oxygen atoms in total. The summed E-state index contributed by atoms with van der Waals surface area (Å²) in [6, 6.07) is 22.1. The average Bonchev–Trinajstić information content (AvgIpc) is 3.55. The van der Waals surface area contributed by atoms with E-state index in [-0.39, 0.29) is 38.1 Å². The molecule has 0 unspecified atom stereocenters. The fourth-order valence-electron chi connectivity index (χ4n) is 5.35. The van der Waals surface area contributed by atoms with Crippen LogP contribution in [0.3, 0.4) is 0 Å². The third-order valence-corrected chi connectivity index (χ3v) is 7.66. The molecule has 2 N–H and O–H groups in total. The van der Waals surface area contributed by atoms with E-state index in [9.17, 15) is 19.5 Å². The molecule has 45 heavy (non-hydrogen) atoms. The summed E-state index contributed by atoms with van der Waals surface area (Å²) in [7, 11) is 0. The van der Waals surface area contributed by atoms with Crippen molar-refractivity contribution >= 4 is 29.2 Å². The molecular formula is C34H32N4O7. The first kappa shape index (κ1) is 29.6. The summed E-state index contributed by atoms with van der Waals surface area (Å²) in [6.45, 7) is 2.96. The molecule has 1 aromatic heterocycles. The number of nitrogens with one attached hydrogen (secondary N) is 1. The van der Waals surface area contributed by atoms with Gasteiger partial charge in [0.1, 0.15) is 0 Å². The molecule has 0 atom stereocenters. The summed E-state index contributed by atoms with van der Waals surface area (Å²) in [6.07, 6.45) is 2.88. The second-order valence-electron chi connectivity index (χ2n) is 10.7. The van der Waals surface area contributed by atoms with Crippen LogP contribution in [0.1, 0.15) is 32.7 Å². The number of nitrogens with zero attached hydrogens (tertiary/aromatic N) is 3. The lowest BCUT2D eigenvalue weighted by Gasteiger charge is -2.31. The van der Waals surface area contributed by atoms with E-state index in [0.29, 0.717) is 54.6 Å². The molecule has 2 amide bonds. The largest absolute Gasteiger partial charge is 0.481 e. The van der Waals surface area contributed by atoms with E-state index in [2.05, 4.69) is 15.2 Å². The average molecular weight is 609 g/mol. The minimum Gasteiger partial charge on any atom is -0.481 e. The van der Waals surface area contributed by atoms with Crippen molar-refractivity contribution in [3.05, 3.63) is 102 Å². The Morgan fingerprint density at radius 3 is 2.51 bits per heavy atom. The Morgan fingerprint density at radius 2 is 1.71 bits per heavy atom. The SMILES string of the molecule is O=C(O)CCN(Cc1cccc(-c2ccc(N3CCOCC3)c(NC(=O)c3ccc4c(c3)OCO4)c2)c1)C(=O)c1cccnc1. The molecule has 2 aliphatic heterocycles. The Bertz CT molecular complexity index is 1710. The topological polar surface area (TPSA) is 131 Å². The van der Waals surface area contributed by atoms with Crippen LogP contribution in [0.5, 0.6) is 11.5 Å². The van der Waals surface area contributed by atoms with Crippen molar-refractivity contribution in [2.75, 3.05) is 49.9 Å². The van der Waals surface area contributed by atoms with Crippen molar-refractivity contribution in [2.45, 2.75) is 13.0 Å². The van der Waals surface area contributed by atoms with Gasteiger partial charge in [-0.2, -0.15) is 0 Å². The predicted molar refractivity (Wildman–Crippen MR) is 167 cm³/mol. The quantitative estimate of drug-likeness (QED) is 0.263. The first-order valence-electron chi connectivity index (χ1n) is 14.6. The molecule has 1 fully saturated rings. The summed E-state index contributed by atoms with van der Waals surface area (Å²) in [5.74, 6) is -0.426. The highest BCUT2D eigenvalue weighted by atomic mass is 16.7. The van der Waals surface area contributed by atoms with E-state index in [4.69, 9.17) is 14.2 Å². The number of fused-ring (bicyclic) bond motifs is 1. The summed E-state index contributed by atoms with van der Waals surface area (Å²) in [4.78, 5) is 45.8. The fraction of sp³-hybridized carbons (Fsp3) is 0.235. The summed E-state index contributed by atoms with van der Waals surface area (Å²) >= 11 is 0. The van der Waals surface area contributed by atoms with Crippen LogP contribution in [0, 0.1) is 0 Å². The lowest BCUT2D eigenvalue weighted by molar-refractivity contribution is -0.137. The van der Waals surface area contributed by atoms with Gasteiger partial charge in [-0.3, -0.25) is 19.4 Å². The molecule has 6 rings (SSSR count). The predicted octanol–water partition coefficient (Wildman–Crippen LogP) is 4.68. The van der Waals surface area contributed by atoms with E-state index in [1.165, 1.54) is 11.1 Å². The lowest BCUT2D eigenvalue weighted by atomic mass is 10.0. The molecule has 0 spiro atoms. The van der Waals surface area contributed by atoms with Crippen LogP contribution in [0.2, 0.25) is 0 Å². The van der Waals surface area contributed by atoms with Crippen LogP contribution in [0.15, 0.2) is 85.2 Å². The smallest absolute Gasteiger partial charge is 0.305 e. The Kier molecular flexibility index (Phi) is 8.88. The highest BCUT2D eigenvalue weighted by Crippen LogP contribution is 2.35. The number of carbonyl (C=O) groups is 3. The second-order valence-corrected chi connectivity index (χ2v) is 10.7. The maximum Gasteiger partial charge on any atom is 0.305 e. The highest BCUT2D eigenvalue weighted by molar-refractivity contribution is 6.06. The number of pyridine rings is 1. The fourth-order valence-corrected chi connectivity index (χ4v) is 5.35. The van der Waals surface area contributed by atoms with Crippen LogP contribution in [0.4, 0.5) is 11.4 Å². The number of rotatable bonds is 10. The van der Waals surface area contributed by atoms with Gasteiger partial charge in [-0.1, -0.05) is 24.3 Å². The minimum absolute atomic E-state index is 0.0531. The number of morpholine rings is 1. The number of amides is 2.